The fraction of sp³-hybridized carbons (Fsp3) is 0.174. The predicted octanol–water partition coefficient (Wildman–Crippen LogP) is 5.88. The molecule has 0 heterocycles. The van der Waals surface area contributed by atoms with Crippen LogP contribution in [-0.4, -0.2) is 31.8 Å². The van der Waals surface area contributed by atoms with Crippen molar-refractivity contribution in [3.63, 3.8) is 0 Å². The second-order valence-corrected chi connectivity index (χ2v) is 10.2. The van der Waals surface area contributed by atoms with Crippen molar-refractivity contribution in [2.24, 2.45) is 0 Å². The molecule has 1 amide bonds. The number of nitrogens with one attached hydrogen (secondary N) is 1. The molecule has 3 rings (SSSR count). The Bertz CT molecular complexity index is 1230. The number of carbonyl (C=O) groups is 1. The number of carbonyl (C=O) groups excluding carboxylic acids is 1. The zero-order valence-electron chi connectivity index (χ0n) is 17.6. The lowest BCUT2D eigenvalue weighted by molar-refractivity contribution is -0.116. The second-order valence-electron chi connectivity index (χ2n) is 6.94. The van der Waals surface area contributed by atoms with Crippen molar-refractivity contribution < 1.29 is 17.9 Å². The Morgan fingerprint density at radius 3 is 2.30 bits per heavy atom. The Morgan fingerprint density at radius 1 is 0.970 bits per heavy atom. The zero-order chi connectivity index (χ0) is 24.0. The van der Waals surface area contributed by atoms with Crippen molar-refractivity contribution in [3.8, 4) is 5.75 Å². The highest BCUT2D eigenvalue weighted by Crippen LogP contribution is 2.27. The summed E-state index contributed by atoms with van der Waals surface area (Å²) in [5.74, 6) is -0.0500. The van der Waals surface area contributed by atoms with E-state index in [0.717, 1.165) is 4.31 Å². The standard InChI is InChI=1S/C23H21Cl3N2O4S/c1-2-32-22-6-4-3-5-21(22)27-23(29)15-28(14-16-7-8-18(25)13-20(16)26)33(30,31)19-11-9-17(24)10-12-19/h3-13H,2,14-15H2,1H3,(H,27,29). The van der Waals surface area contributed by atoms with Gasteiger partial charge in [-0.3, -0.25) is 4.79 Å². The van der Waals surface area contributed by atoms with Crippen molar-refractivity contribution in [2.45, 2.75) is 18.4 Å². The normalized spacial score (nSPS) is 11.4. The molecule has 0 aliphatic heterocycles. The van der Waals surface area contributed by atoms with Crippen LogP contribution in [0.3, 0.4) is 0 Å². The number of para-hydroxylation sites is 2. The second kappa shape index (κ2) is 11.2. The summed E-state index contributed by atoms with van der Waals surface area (Å²) >= 11 is 18.1. The van der Waals surface area contributed by atoms with Gasteiger partial charge in [-0.25, -0.2) is 8.42 Å². The molecule has 0 aromatic heterocycles. The number of hydrogen-bond donors (Lipinski definition) is 1. The topological polar surface area (TPSA) is 75.7 Å². The van der Waals surface area contributed by atoms with Crippen LogP contribution in [0.2, 0.25) is 15.1 Å². The molecule has 0 saturated heterocycles. The van der Waals surface area contributed by atoms with E-state index in [4.69, 9.17) is 39.5 Å². The molecule has 0 atom stereocenters. The highest BCUT2D eigenvalue weighted by atomic mass is 35.5. The Hall–Kier alpha value is -2.29. The lowest BCUT2D eigenvalue weighted by Gasteiger charge is -2.23. The molecule has 0 bridgehead atoms. The van der Waals surface area contributed by atoms with Crippen LogP contribution in [0, 0.1) is 0 Å². The van der Waals surface area contributed by atoms with Crippen LogP contribution >= 0.6 is 34.8 Å². The minimum atomic E-state index is -4.06. The molecule has 0 fully saturated rings. The molecule has 33 heavy (non-hydrogen) atoms. The summed E-state index contributed by atoms with van der Waals surface area (Å²) in [5.41, 5.74) is 0.943. The van der Waals surface area contributed by atoms with E-state index in [1.807, 2.05) is 6.92 Å². The first-order valence-electron chi connectivity index (χ1n) is 9.92. The molecule has 1 N–H and O–H groups in total. The van der Waals surface area contributed by atoms with E-state index in [0.29, 0.717) is 38.7 Å². The van der Waals surface area contributed by atoms with Gasteiger partial charge in [0.25, 0.3) is 0 Å². The van der Waals surface area contributed by atoms with Gasteiger partial charge >= 0.3 is 0 Å². The van der Waals surface area contributed by atoms with E-state index in [1.165, 1.54) is 30.3 Å². The maximum Gasteiger partial charge on any atom is 0.243 e. The van der Waals surface area contributed by atoms with Crippen LogP contribution in [0.5, 0.6) is 5.75 Å². The third kappa shape index (κ3) is 6.62. The minimum Gasteiger partial charge on any atom is -0.492 e. The monoisotopic (exact) mass is 526 g/mol. The Labute approximate surface area is 208 Å². The van der Waals surface area contributed by atoms with E-state index >= 15 is 0 Å². The minimum absolute atomic E-state index is 0.000461. The van der Waals surface area contributed by atoms with Gasteiger partial charge in [-0.2, -0.15) is 4.31 Å². The summed E-state index contributed by atoms with van der Waals surface area (Å²) in [6, 6.07) is 17.4. The number of ether oxygens (including phenoxy) is 1. The summed E-state index contributed by atoms with van der Waals surface area (Å²) in [4.78, 5) is 12.9. The van der Waals surface area contributed by atoms with Crippen LogP contribution in [0.4, 0.5) is 5.69 Å². The lowest BCUT2D eigenvalue weighted by Crippen LogP contribution is -2.37. The van der Waals surface area contributed by atoms with Gasteiger partial charge in [0.15, 0.2) is 0 Å². The van der Waals surface area contributed by atoms with Crippen LogP contribution in [0.15, 0.2) is 71.6 Å². The molecule has 174 valence electrons. The quantitative estimate of drug-likeness (QED) is 0.377. The average molecular weight is 528 g/mol. The van der Waals surface area contributed by atoms with E-state index in [9.17, 15) is 13.2 Å². The fourth-order valence-corrected chi connectivity index (χ4v) is 4.99. The number of benzene rings is 3. The van der Waals surface area contributed by atoms with Crippen LogP contribution < -0.4 is 10.1 Å². The van der Waals surface area contributed by atoms with E-state index in [2.05, 4.69) is 5.32 Å². The van der Waals surface area contributed by atoms with Crippen molar-refractivity contribution in [1.29, 1.82) is 0 Å². The van der Waals surface area contributed by atoms with Crippen molar-refractivity contribution in [1.82, 2.24) is 4.31 Å². The number of rotatable bonds is 9. The van der Waals surface area contributed by atoms with Crippen molar-refractivity contribution >= 4 is 56.4 Å². The van der Waals surface area contributed by atoms with Crippen LogP contribution in [0.1, 0.15) is 12.5 Å². The molecule has 0 radical (unpaired) electrons. The fourth-order valence-electron chi connectivity index (χ4n) is 3.02. The van der Waals surface area contributed by atoms with Gasteiger partial charge in [0.1, 0.15) is 5.75 Å². The Morgan fingerprint density at radius 2 is 1.64 bits per heavy atom. The summed E-state index contributed by atoms with van der Waals surface area (Å²) in [6.45, 7) is 1.65. The third-order valence-electron chi connectivity index (χ3n) is 4.59. The Kier molecular flexibility index (Phi) is 8.62. The summed E-state index contributed by atoms with van der Waals surface area (Å²) in [5, 5.41) is 3.83. The zero-order valence-corrected chi connectivity index (χ0v) is 20.7. The number of halogens is 3. The molecule has 6 nitrogen and oxygen atoms in total. The molecule has 0 saturated carbocycles. The van der Waals surface area contributed by atoms with Gasteiger partial charge in [0.2, 0.25) is 15.9 Å². The summed E-state index contributed by atoms with van der Waals surface area (Å²) < 4.78 is 33.4. The highest BCUT2D eigenvalue weighted by Gasteiger charge is 2.28. The van der Waals surface area contributed by atoms with Gasteiger partial charge in [-0.1, -0.05) is 53.0 Å². The largest absolute Gasteiger partial charge is 0.492 e. The first kappa shape index (κ1) is 25.3. The molecule has 10 heteroatoms. The molecule has 3 aromatic carbocycles. The molecule has 0 spiro atoms. The number of anilines is 1. The molecule has 0 unspecified atom stereocenters. The first-order chi connectivity index (χ1) is 15.7. The maximum atomic E-state index is 13.4. The first-order valence-corrected chi connectivity index (χ1v) is 12.5. The van der Waals surface area contributed by atoms with Crippen molar-refractivity contribution in [2.75, 3.05) is 18.5 Å². The highest BCUT2D eigenvalue weighted by molar-refractivity contribution is 7.89. The number of sulfonamides is 1. The summed E-state index contributed by atoms with van der Waals surface area (Å²) in [6.07, 6.45) is 0. The number of nitrogens with zero attached hydrogens (tertiary/aromatic N) is 1. The predicted molar refractivity (Wildman–Crippen MR) is 132 cm³/mol. The molecular weight excluding hydrogens is 507 g/mol. The summed E-state index contributed by atoms with van der Waals surface area (Å²) in [7, 11) is -4.06. The maximum absolute atomic E-state index is 13.4. The van der Waals surface area contributed by atoms with Gasteiger partial charge in [0.05, 0.1) is 23.7 Å². The van der Waals surface area contributed by atoms with Gasteiger partial charge in [-0.05, 0) is 61.0 Å². The Balaban J connectivity index is 1.91. The van der Waals surface area contributed by atoms with E-state index in [1.54, 1.807) is 36.4 Å². The van der Waals surface area contributed by atoms with E-state index < -0.39 is 22.5 Å². The lowest BCUT2D eigenvalue weighted by atomic mass is 10.2. The molecule has 0 aliphatic carbocycles. The van der Waals surface area contributed by atoms with Gasteiger partial charge < -0.3 is 10.1 Å². The van der Waals surface area contributed by atoms with Gasteiger partial charge in [-0.15, -0.1) is 0 Å². The molecular formula is C23H21Cl3N2O4S. The van der Waals surface area contributed by atoms with E-state index in [-0.39, 0.29) is 11.4 Å². The van der Waals surface area contributed by atoms with Gasteiger partial charge in [0, 0.05) is 21.6 Å². The SMILES string of the molecule is CCOc1ccccc1NC(=O)CN(Cc1ccc(Cl)cc1Cl)S(=O)(=O)c1ccc(Cl)cc1. The smallest absolute Gasteiger partial charge is 0.243 e. The average Bonchev–Trinajstić information content (AvgIpc) is 2.77. The third-order valence-corrected chi connectivity index (χ3v) is 7.24. The van der Waals surface area contributed by atoms with Crippen molar-refractivity contribution in [3.05, 3.63) is 87.4 Å². The number of hydrogen-bond acceptors (Lipinski definition) is 4. The molecule has 0 aliphatic rings. The number of amides is 1. The molecule has 3 aromatic rings. The van der Waals surface area contributed by atoms with Crippen LogP contribution in [-0.2, 0) is 21.4 Å². The van der Waals surface area contributed by atoms with Crippen LogP contribution in [0.25, 0.3) is 0 Å².